The Kier molecular flexibility index (Phi) is 2.41. The van der Waals surface area contributed by atoms with Gasteiger partial charge in [0.25, 0.3) is 5.78 Å². The van der Waals surface area contributed by atoms with E-state index in [0.29, 0.717) is 5.70 Å². The monoisotopic (exact) mass is 206 g/mol. The Morgan fingerprint density at radius 1 is 1.50 bits per heavy atom. The smallest absolute Gasteiger partial charge is 0.399 e. The van der Waals surface area contributed by atoms with Gasteiger partial charge in [0.1, 0.15) is 5.54 Å². The number of nitrogens with two attached hydrogens (primary N) is 2. The molecule has 14 heavy (non-hydrogen) atoms. The van der Waals surface area contributed by atoms with E-state index in [1.807, 2.05) is 0 Å². The highest BCUT2D eigenvalue weighted by atomic mass is 19.4. The zero-order valence-corrected chi connectivity index (χ0v) is 7.14. The van der Waals surface area contributed by atoms with Crippen LogP contribution in [0, 0.1) is 0 Å². The number of allylic oxidation sites excluding steroid dienone is 1. The highest BCUT2D eigenvalue weighted by Crippen LogP contribution is 2.27. The molecule has 1 rings (SSSR count). The molecule has 0 aliphatic heterocycles. The zero-order chi connectivity index (χ0) is 11.0. The van der Waals surface area contributed by atoms with Gasteiger partial charge in [0.2, 0.25) is 0 Å². The summed E-state index contributed by atoms with van der Waals surface area (Å²) in [6, 6.07) is 0. The first-order valence-corrected chi connectivity index (χ1v) is 3.81. The molecule has 0 heterocycles. The summed E-state index contributed by atoms with van der Waals surface area (Å²) < 4.78 is 36.2. The van der Waals surface area contributed by atoms with Gasteiger partial charge in [0.15, 0.2) is 0 Å². The lowest BCUT2D eigenvalue weighted by Crippen LogP contribution is -2.52. The Morgan fingerprint density at radius 3 is 2.43 bits per heavy atom. The molecule has 3 nitrogen and oxygen atoms in total. The van der Waals surface area contributed by atoms with E-state index in [-0.39, 0.29) is 6.42 Å². The van der Waals surface area contributed by atoms with Crippen LogP contribution in [0.25, 0.3) is 0 Å². The molecule has 78 valence electrons. The van der Waals surface area contributed by atoms with E-state index in [1.54, 1.807) is 0 Å². The second-order valence-electron chi connectivity index (χ2n) is 3.11. The standard InChI is InChI=1S/C8H9F3N2O/c9-8(10,11)6(14)7(13)3-1-5(12)2-4-7/h1-3H,4,12-13H2. The van der Waals surface area contributed by atoms with E-state index in [0.717, 1.165) is 6.08 Å². The minimum absolute atomic E-state index is 0.228. The molecule has 0 aromatic rings. The number of halogens is 3. The van der Waals surface area contributed by atoms with Gasteiger partial charge in [-0.2, -0.15) is 13.2 Å². The number of Topliss-reactive ketones (excluding diaryl/α,β-unsaturated/α-hetero) is 1. The van der Waals surface area contributed by atoms with E-state index in [2.05, 4.69) is 0 Å². The first-order valence-electron chi connectivity index (χ1n) is 3.81. The maximum atomic E-state index is 12.1. The molecular formula is C8H9F3N2O. The molecule has 4 N–H and O–H groups in total. The molecule has 0 aromatic heterocycles. The van der Waals surface area contributed by atoms with E-state index >= 15 is 0 Å². The molecule has 1 aliphatic rings. The van der Waals surface area contributed by atoms with Crippen molar-refractivity contribution in [3.63, 3.8) is 0 Å². The largest absolute Gasteiger partial charge is 0.452 e. The third kappa shape index (κ3) is 1.95. The van der Waals surface area contributed by atoms with Crippen LogP contribution in [0.2, 0.25) is 0 Å². The first-order chi connectivity index (χ1) is 6.26. The Bertz CT molecular complexity index is 319. The van der Waals surface area contributed by atoms with Crippen molar-refractivity contribution in [2.45, 2.75) is 18.1 Å². The van der Waals surface area contributed by atoms with Crippen LogP contribution in [0.5, 0.6) is 0 Å². The third-order valence-corrected chi connectivity index (χ3v) is 1.93. The minimum atomic E-state index is -4.92. The van der Waals surface area contributed by atoms with Crippen LogP contribution >= 0.6 is 0 Å². The van der Waals surface area contributed by atoms with Crippen molar-refractivity contribution >= 4 is 5.78 Å². The maximum Gasteiger partial charge on any atom is 0.452 e. The molecule has 0 bridgehead atoms. The number of hydrogen-bond acceptors (Lipinski definition) is 3. The molecule has 1 aliphatic carbocycles. The fourth-order valence-electron chi connectivity index (χ4n) is 1.10. The van der Waals surface area contributed by atoms with Gasteiger partial charge >= 0.3 is 6.18 Å². The quantitative estimate of drug-likeness (QED) is 0.660. The van der Waals surface area contributed by atoms with Gasteiger partial charge in [0.05, 0.1) is 0 Å². The van der Waals surface area contributed by atoms with Crippen molar-refractivity contribution in [1.29, 1.82) is 0 Å². The van der Waals surface area contributed by atoms with Crippen LogP contribution in [0.1, 0.15) is 6.42 Å². The number of ketones is 1. The van der Waals surface area contributed by atoms with Crippen molar-refractivity contribution in [3.8, 4) is 0 Å². The second-order valence-corrected chi connectivity index (χ2v) is 3.11. The molecule has 1 unspecified atom stereocenters. The number of carbonyl (C=O) groups is 1. The molecule has 1 atom stereocenters. The Labute approximate surface area is 78.2 Å². The van der Waals surface area contributed by atoms with Crippen molar-refractivity contribution < 1.29 is 18.0 Å². The molecule has 0 radical (unpaired) electrons. The fourth-order valence-corrected chi connectivity index (χ4v) is 1.10. The Hall–Kier alpha value is -1.30. The molecule has 0 saturated carbocycles. The second kappa shape index (κ2) is 3.13. The number of alkyl halides is 3. The molecule has 0 amide bonds. The molecule has 6 heteroatoms. The van der Waals surface area contributed by atoms with Gasteiger partial charge in [-0.15, -0.1) is 0 Å². The SMILES string of the molecule is NC1=CCC(N)(C(=O)C(F)(F)F)C=C1. The summed E-state index contributed by atoms with van der Waals surface area (Å²) in [5.41, 5.74) is 8.89. The average Bonchev–Trinajstić information content (AvgIpc) is 2.08. The van der Waals surface area contributed by atoms with Gasteiger partial charge in [-0.05, 0) is 12.5 Å². The third-order valence-electron chi connectivity index (χ3n) is 1.93. The van der Waals surface area contributed by atoms with Gasteiger partial charge in [-0.3, -0.25) is 4.79 Å². The van der Waals surface area contributed by atoms with Crippen molar-refractivity contribution in [2.75, 3.05) is 0 Å². The fraction of sp³-hybridized carbons (Fsp3) is 0.375. The van der Waals surface area contributed by atoms with E-state index in [9.17, 15) is 18.0 Å². The normalized spacial score (nSPS) is 27.3. The Balaban J connectivity index is 2.90. The summed E-state index contributed by atoms with van der Waals surface area (Å²) in [7, 11) is 0. The van der Waals surface area contributed by atoms with Crippen LogP contribution in [-0.2, 0) is 4.79 Å². The summed E-state index contributed by atoms with van der Waals surface area (Å²) >= 11 is 0. The predicted molar refractivity (Wildman–Crippen MR) is 44.0 cm³/mol. The molecular weight excluding hydrogens is 197 g/mol. The summed E-state index contributed by atoms with van der Waals surface area (Å²) in [4.78, 5) is 10.9. The highest BCUT2D eigenvalue weighted by molar-refractivity contribution is 5.95. The predicted octanol–water partition coefficient (Wildman–Crippen LogP) is 0.618. The minimum Gasteiger partial charge on any atom is -0.399 e. The van der Waals surface area contributed by atoms with Crippen LogP contribution in [-0.4, -0.2) is 17.5 Å². The highest BCUT2D eigenvalue weighted by Gasteiger charge is 2.49. The lowest BCUT2D eigenvalue weighted by Gasteiger charge is -2.26. The number of rotatable bonds is 1. The average molecular weight is 206 g/mol. The Morgan fingerprint density at radius 2 is 2.07 bits per heavy atom. The van der Waals surface area contributed by atoms with Crippen molar-refractivity contribution in [2.24, 2.45) is 11.5 Å². The van der Waals surface area contributed by atoms with Gasteiger partial charge in [-0.25, -0.2) is 0 Å². The zero-order valence-electron chi connectivity index (χ0n) is 7.14. The molecule has 0 spiro atoms. The molecule has 0 fully saturated rings. The molecule has 0 aromatic carbocycles. The maximum absolute atomic E-state index is 12.1. The van der Waals surface area contributed by atoms with Gasteiger partial charge in [-0.1, -0.05) is 12.2 Å². The summed E-state index contributed by atoms with van der Waals surface area (Å²) in [5.74, 6) is -1.95. The van der Waals surface area contributed by atoms with E-state index < -0.39 is 17.5 Å². The van der Waals surface area contributed by atoms with E-state index in [4.69, 9.17) is 11.5 Å². The number of carbonyl (C=O) groups excluding carboxylic acids is 1. The summed E-state index contributed by atoms with van der Waals surface area (Å²) in [6.07, 6.45) is -1.67. The van der Waals surface area contributed by atoms with Crippen molar-refractivity contribution in [1.82, 2.24) is 0 Å². The lowest BCUT2D eigenvalue weighted by atomic mass is 9.87. The summed E-state index contributed by atoms with van der Waals surface area (Å²) in [6.45, 7) is 0. The van der Waals surface area contributed by atoms with Crippen LogP contribution in [0.3, 0.4) is 0 Å². The number of hydrogen-bond donors (Lipinski definition) is 2. The van der Waals surface area contributed by atoms with Crippen molar-refractivity contribution in [3.05, 3.63) is 23.9 Å². The summed E-state index contributed by atoms with van der Waals surface area (Å²) in [5, 5.41) is 0. The first kappa shape index (κ1) is 10.8. The van der Waals surface area contributed by atoms with E-state index in [1.165, 1.54) is 12.2 Å². The van der Waals surface area contributed by atoms with Gasteiger partial charge < -0.3 is 11.5 Å². The van der Waals surface area contributed by atoms with Crippen LogP contribution < -0.4 is 11.5 Å². The lowest BCUT2D eigenvalue weighted by molar-refractivity contribution is -0.175. The molecule has 0 saturated heterocycles. The van der Waals surface area contributed by atoms with Crippen LogP contribution in [0.15, 0.2) is 23.9 Å². The van der Waals surface area contributed by atoms with Crippen LogP contribution in [0.4, 0.5) is 13.2 Å². The topological polar surface area (TPSA) is 69.1 Å². The van der Waals surface area contributed by atoms with Gasteiger partial charge in [0, 0.05) is 5.70 Å².